The van der Waals surface area contributed by atoms with Gasteiger partial charge < -0.3 is 15.3 Å². The largest absolute Gasteiger partial charge is 0.396 e. The molecule has 1 rings (SSSR count). The highest BCUT2D eigenvalue weighted by Gasteiger charge is 2.24. The van der Waals surface area contributed by atoms with Gasteiger partial charge in [-0.2, -0.15) is 0 Å². The van der Waals surface area contributed by atoms with Crippen LogP contribution in [0.1, 0.15) is 40.0 Å². The lowest BCUT2D eigenvalue weighted by Crippen LogP contribution is -2.49. The smallest absolute Gasteiger partial charge is 0.317 e. The van der Waals surface area contributed by atoms with Crippen LogP contribution in [0.4, 0.5) is 4.79 Å². The molecule has 1 aliphatic rings. The minimum Gasteiger partial charge on any atom is -0.396 e. The van der Waals surface area contributed by atoms with E-state index >= 15 is 0 Å². The van der Waals surface area contributed by atoms with Gasteiger partial charge in [0.2, 0.25) is 0 Å². The second kappa shape index (κ2) is 6.84. The summed E-state index contributed by atoms with van der Waals surface area (Å²) in [5, 5.41) is 12.1. The summed E-state index contributed by atoms with van der Waals surface area (Å²) in [7, 11) is 0. The monoisotopic (exact) mass is 242 g/mol. The fourth-order valence-corrected chi connectivity index (χ4v) is 2.31. The molecule has 2 N–H and O–H groups in total. The molecule has 2 amide bonds. The number of nitrogens with one attached hydrogen (secondary N) is 1. The van der Waals surface area contributed by atoms with Gasteiger partial charge >= 0.3 is 6.03 Å². The van der Waals surface area contributed by atoms with Crippen LogP contribution in [0.2, 0.25) is 0 Å². The second-order valence-electron chi connectivity index (χ2n) is 5.32. The first kappa shape index (κ1) is 14.3. The second-order valence-corrected chi connectivity index (χ2v) is 5.32. The number of amides is 2. The van der Waals surface area contributed by atoms with Crippen molar-refractivity contribution in [3.8, 4) is 0 Å². The van der Waals surface area contributed by atoms with E-state index < -0.39 is 0 Å². The first-order chi connectivity index (χ1) is 8.08. The Bertz CT molecular complexity index is 236. The van der Waals surface area contributed by atoms with E-state index in [0.29, 0.717) is 11.8 Å². The minimum absolute atomic E-state index is 0.0574. The van der Waals surface area contributed by atoms with Crippen LogP contribution in [0.15, 0.2) is 0 Å². The Morgan fingerprint density at radius 2 is 2.00 bits per heavy atom. The number of nitrogens with zero attached hydrogens (tertiary/aromatic N) is 1. The van der Waals surface area contributed by atoms with Crippen LogP contribution < -0.4 is 5.32 Å². The molecule has 100 valence electrons. The summed E-state index contributed by atoms with van der Waals surface area (Å²) in [6.07, 6.45) is 2.81. The summed E-state index contributed by atoms with van der Waals surface area (Å²) in [6.45, 7) is 8.15. The highest BCUT2D eigenvalue weighted by Crippen LogP contribution is 2.16. The quantitative estimate of drug-likeness (QED) is 0.790. The molecule has 1 aliphatic heterocycles. The van der Waals surface area contributed by atoms with Crippen LogP contribution in [-0.2, 0) is 0 Å². The summed E-state index contributed by atoms with van der Waals surface area (Å²) >= 11 is 0. The van der Waals surface area contributed by atoms with Crippen LogP contribution in [0.25, 0.3) is 0 Å². The molecule has 0 aromatic heterocycles. The number of carbonyl (C=O) groups excluding carboxylic acids is 1. The van der Waals surface area contributed by atoms with Gasteiger partial charge in [-0.15, -0.1) is 0 Å². The molecule has 0 aromatic carbocycles. The Morgan fingerprint density at radius 1 is 1.41 bits per heavy atom. The summed E-state index contributed by atoms with van der Waals surface area (Å²) in [6, 6.07) is 0.319. The molecule has 1 heterocycles. The summed E-state index contributed by atoms with van der Waals surface area (Å²) in [5.74, 6) is 0.852. The minimum atomic E-state index is 0.0574. The van der Waals surface area contributed by atoms with E-state index in [0.717, 1.165) is 32.4 Å². The Labute approximate surface area is 104 Å². The number of piperidine rings is 1. The Kier molecular flexibility index (Phi) is 5.75. The molecule has 0 unspecified atom stereocenters. The van der Waals surface area contributed by atoms with Crippen LogP contribution in [0, 0.1) is 11.8 Å². The average molecular weight is 242 g/mol. The van der Waals surface area contributed by atoms with Crippen molar-refractivity contribution in [1.29, 1.82) is 0 Å². The van der Waals surface area contributed by atoms with Crippen molar-refractivity contribution < 1.29 is 9.90 Å². The molecule has 0 aliphatic carbocycles. The van der Waals surface area contributed by atoms with Gasteiger partial charge in [0, 0.05) is 25.7 Å². The number of aliphatic hydroxyl groups excluding tert-OH is 1. The van der Waals surface area contributed by atoms with Gasteiger partial charge in [0.15, 0.2) is 0 Å². The van der Waals surface area contributed by atoms with Gasteiger partial charge in [-0.05, 0) is 31.1 Å². The van der Waals surface area contributed by atoms with E-state index in [9.17, 15) is 4.79 Å². The first-order valence-corrected chi connectivity index (χ1v) is 6.74. The van der Waals surface area contributed by atoms with Crippen LogP contribution >= 0.6 is 0 Å². The van der Waals surface area contributed by atoms with Gasteiger partial charge in [0.1, 0.15) is 0 Å². The van der Waals surface area contributed by atoms with Gasteiger partial charge in [-0.25, -0.2) is 4.79 Å². The summed E-state index contributed by atoms with van der Waals surface area (Å²) in [5.41, 5.74) is 0. The third kappa shape index (κ3) is 4.19. The Hall–Kier alpha value is -0.770. The topological polar surface area (TPSA) is 52.6 Å². The molecule has 0 radical (unpaired) electrons. The van der Waals surface area contributed by atoms with Crippen molar-refractivity contribution in [1.82, 2.24) is 10.2 Å². The summed E-state index contributed by atoms with van der Waals surface area (Å²) < 4.78 is 0. The van der Waals surface area contributed by atoms with Crippen molar-refractivity contribution in [2.24, 2.45) is 11.8 Å². The zero-order valence-corrected chi connectivity index (χ0v) is 11.3. The van der Waals surface area contributed by atoms with Crippen molar-refractivity contribution in [2.75, 3.05) is 19.7 Å². The lowest BCUT2D eigenvalue weighted by molar-refractivity contribution is 0.134. The van der Waals surface area contributed by atoms with E-state index in [1.807, 2.05) is 4.90 Å². The van der Waals surface area contributed by atoms with Gasteiger partial charge in [-0.3, -0.25) is 0 Å². The van der Waals surface area contributed by atoms with Gasteiger partial charge in [-0.1, -0.05) is 20.8 Å². The third-order valence-corrected chi connectivity index (χ3v) is 3.71. The van der Waals surface area contributed by atoms with Crippen molar-refractivity contribution in [2.45, 2.75) is 46.1 Å². The maximum absolute atomic E-state index is 12.0. The lowest BCUT2D eigenvalue weighted by atomic mass is 9.98. The SMILES string of the molecule is CC[C@@H](NC(=O)N1CCC(CO)CC1)C(C)C. The molecule has 1 saturated heterocycles. The highest BCUT2D eigenvalue weighted by molar-refractivity contribution is 5.74. The number of urea groups is 1. The number of aliphatic hydroxyl groups is 1. The number of hydrogen-bond donors (Lipinski definition) is 2. The molecule has 4 nitrogen and oxygen atoms in total. The first-order valence-electron chi connectivity index (χ1n) is 6.74. The maximum atomic E-state index is 12.0. The fourth-order valence-electron chi connectivity index (χ4n) is 2.31. The predicted octanol–water partition coefficient (Wildman–Crippen LogP) is 1.83. The molecule has 0 aromatic rings. The molecular formula is C13H26N2O2. The maximum Gasteiger partial charge on any atom is 0.317 e. The van der Waals surface area contributed by atoms with Crippen molar-refractivity contribution >= 4 is 6.03 Å². The zero-order chi connectivity index (χ0) is 12.8. The van der Waals surface area contributed by atoms with Crippen molar-refractivity contribution in [3.63, 3.8) is 0 Å². The molecular weight excluding hydrogens is 216 g/mol. The highest BCUT2D eigenvalue weighted by atomic mass is 16.3. The molecule has 0 saturated carbocycles. The zero-order valence-electron chi connectivity index (χ0n) is 11.3. The Balaban J connectivity index is 2.38. The average Bonchev–Trinajstić information content (AvgIpc) is 2.35. The number of hydrogen-bond acceptors (Lipinski definition) is 2. The predicted molar refractivity (Wildman–Crippen MR) is 68.8 cm³/mol. The van der Waals surface area contributed by atoms with Crippen LogP contribution in [0.3, 0.4) is 0 Å². The van der Waals surface area contributed by atoms with Gasteiger partial charge in [0.25, 0.3) is 0 Å². The van der Waals surface area contributed by atoms with Gasteiger partial charge in [0.05, 0.1) is 0 Å². The molecule has 1 fully saturated rings. The van der Waals surface area contributed by atoms with E-state index in [1.165, 1.54) is 0 Å². The summed E-state index contributed by atoms with van der Waals surface area (Å²) in [4.78, 5) is 13.9. The molecule has 0 spiro atoms. The van der Waals surface area contributed by atoms with E-state index in [4.69, 9.17) is 5.11 Å². The third-order valence-electron chi connectivity index (χ3n) is 3.71. The molecule has 1 atom stereocenters. The van der Waals surface area contributed by atoms with E-state index in [1.54, 1.807) is 0 Å². The normalized spacial score (nSPS) is 19.5. The molecule has 17 heavy (non-hydrogen) atoms. The molecule has 0 bridgehead atoms. The fraction of sp³-hybridized carbons (Fsp3) is 0.923. The van der Waals surface area contributed by atoms with E-state index in [-0.39, 0.29) is 18.7 Å². The number of carbonyl (C=O) groups is 1. The van der Waals surface area contributed by atoms with E-state index in [2.05, 4.69) is 26.1 Å². The standard InChI is InChI=1S/C13H26N2O2/c1-4-12(10(2)3)14-13(17)15-7-5-11(9-16)6-8-15/h10-12,16H,4-9H2,1-3H3,(H,14,17)/t12-/m1/s1. The van der Waals surface area contributed by atoms with Crippen LogP contribution in [-0.4, -0.2) is 41.8 Å². The number of likely N-dealkylation sites (tertiary alicyclic amines) is 1. The van der Waals surface area contributed by atoms with Crippen LogP contribution in [0.5, 0.6) is 0 Å². The lowest BCUT2D eigenvalue weighted by Gasteiger charge is -2.33. The number of rotatable bonds is 4. The Morgan fingerprint density at radius 3 is 2.41 bits per heavy atom. The van der Waals surface area contributed by atoms with Crippen molar-refractivity contribution in [3.05, 3.63) is 0 Å². The molecule has 4 heteroatoms.